The second kappa shape index (κ2) is 5.35. The zero-order valence-corrected chi connectivity index (χ0v) is 13.9. The molecule has 1 amide bonds. The van der Waals surface area contributed by atoms with Gasteiger partial charge in [0.25, 0.3) is 0 Å². The van der Waals surface area contributed by atoms with Gasteiger partial charge < -0.3 is 5.32 Å². The molecule has 130 valence electrons. The summed E-state index contributed by atoms with van der Waals surface area (Å²) in [4.78, 5) is 16.2. The molecule has 3 aromatic heterocycles. The molecule has 1 fully saturated rings. The Morgan fingerprint density at radius 1 is 1.35 bits per heavy atom. The van der Waals surface area contributed by atoms with E-state index in [1.54, 1.807) is 16.9 Å². The molecule has 3 heterocycles. The predicted octanol–water partition coefficient (Wildman–Crippen LogP) is 2.88. The number of aromatic amines is 1. The van der Waals surface area contributed by atoms with Gasteiger partial charge in [0.1, 0.15) is 6.17 Å². The zero-order valence-electron chi connectivity index (χ0n) is 13.9. The summed E-state index contributed by atoms with van der Waals surface area (Å²) in [7, 11) is 0. The Kier molecular flexibility index (Phi) is 3.09. The number of nitrogens with one attached hydrogen (secondary N) is 2. The maximum Gasteiger partial charge on any atom is 0.231 e. The monoisotopic (exact) mass is 350 g/mol. The van der Waals surface area contributed by atoms with Gasteiger partial charge in [-0.1, -0.05) is 6.07 Å². The molecule has 1 saturated carbocycles. The van der Waals surface area contributed by atoms with Crippen molar-refractivity contribution in [3.8, 4) is 11.3 Å². The normalized spacial score (nSPS) is 19.2. The van der Waals surface area contributed by atoms with Crippen LogP contribution in [0.25, 0.3) is 27.8 Å². The third-order valence-electron chi connectivity index (χ3n) is 4.71. The quantitative estimate of drug-likeness (QED) is 0.595. The SMILES string of the molecule is Cc1ccc2[nH]ncc2c1-c1ccc2nc(NC(=O)C3CC3F)cn2n1. The van der Waals surface area contributed by atoms with Crippen molar-refractivity contribution in [3.05, 3.63) is 42.2 Å². The van der Waals surface area contributed by atoms with E-state index in [-0.39, 0.29) is 12.3 Å². The van der Waals surface area contributed by atoms with Crippen molar-refractivity contribution in [2.75, 3.05) is 5.32 Å². The van der Waals surface area contributed by atoms with Crippen molar-refractivity contribution in [2.24, 2.45) is 5.92 Å². The van der Waals surface area contributed by atoms with Crippen LogP contribution in [-0.2, 0) is 4.79 Å². The number of carbonyl (C=O) groups is 1. The molecule has 0 saturated heterocycles. The molecule has 0 bridgehead atoms. The van der Waals surface area contributed by atoms with Crippen molar-refractivity contribution < 1.29 is 9.18 Å². The van der Waals surface area contributed by atoms with Crippen LogP contribution in [-0.4, -0.2) is 36.9 Å². The first-order valence-electron chi connectivity index (χ1n) is 8.34. The van der Waals surface area contributed by atoms with Gasteiger partial charge in [-0.2, -0.15) is 10.2 Å². The van der Waals surface area contributed by atoms with E-state index in [9.17, 15) is 9.18 Å². The Hall–Kier alpha value is -3.29. The van der Waals surface area contributed by atoms with Gasteiger partial charge in [0.15, 0.2) is 11.5 Å². The van der Waals surface area contributed by atoms with Crippen LogP contribution in [0, 0.1) is 12.8 Å². The van der Waals surface area contributed by atoms with Gasteiger partial charge in [-0.15, -0.1) is 0 Å². The van der Waals surface area contributed by atoms with Crippen LogP contribution in [0.5, 0.6) is 0 Å². The topological polar surface area (TPSA) is 88.0 Å². The van der Waals surface area contributed by atoms with Crippen molar-refractivity contribution in [1.29, 1.82) is 0 Å². The number of aryl methyl sites for hydroxylation is 1. The van der Waals surface area contributed by atoms with Gasteiger partial charge in [-0.3, -0.25) is 9.89 Å². The highest BCUT2D eigenvalue weighted by molar-refractivity contribution is 5.95. The van der Waals surface area contributed by atoms with Crippen molar-refractivity contribution in [3.63, 3.8) is 0 Å². The summed E-state index contributed by atoms with van der Waals surface area (Å²) in [6.07, 6.45) is 2.68. The van der Waals surface area contributed by atoms with Crippen LogP contribution in [0.15, 0.2) is 36.7 Å². The minimum absolute atomic E-state index is 0.287. The first-order chi connectivity index (χ1) is 12.6. The molecular weight excluding hydrogens is 335 g/mol. The fourth-order valence-corrected chi connectivity index (χ4v) is 3.20. The second-order valence-electron chi connectivity index (χ2n) is 6.58. The molecule has 0 radical (unpaired) electrons. The summed E-state index contributed by atoms with van der Waals surface area (Å²) in [5.74, 6) is -0.512. The van der Waals surface area contributed by atoms with Crippen molar-refractivity contribution in [2.45, 2.75) is 19.5 Å². The minimum atomic E-state index is -1.03. The number of imidazole rings is 1. The van der Waals surface area contributed by atoms with Crippen LogP contribution >= 0.6 is 0 Å². The van der Waals surface area contributed by atoms with E-state index < -0.39 is 12.1 Å². The summed E-state index contributed by atoms with van der Waals surface area (Å²) in [6, 6.07) is 7.73. The van der Waals surface area contributed by atoms with Crippen LogP contribution in [0.1, 0.15) is 12.0 Å². The number of amides is 1. The number of carbonyl (C=O) groups excluding carboxylic acids is 1. The van der Waals surface area contributed by atoms with Gasteiger partial charge in [-0.05, 0) is 37.1 Å². The predicted molar refractivity (Wildman–Crippen MR) is 94.4 cm³/mol. The van der Waals surface area contributed by atoms with E-state index in [0.29, 0.717) is 11.5 Å². The summed E-state index contributed by atoms with van der Waals surface area (Å²) in [6.45, 7) is 2.02. The van der Waals surface area contributed by atoms with Crippen molar-refractivity contribution >= 4 is 28.3 Å². The Labute approximate surface area is 147 Å². The zero-order chi connectivity index (χ0) is 17.8. The second-order valence-corrected chi connectivity index (χ2v) is 6.58. The number of hydrogen-bond donors (Lipinski definition) is 2. The molecule has 2 unspecified atom stereocenters. The largest absolute Gasteiger partial charge is 0.309 e. The first-order valence-corrected chi connectivity index (χ1v) is 8.34. The molecule has 2 atom stereocenters. The van der Waals surface area contributed by atoms with E-state index in [4.69, 9.17) is 0 Å². The number of fused-ring (bicyclic) bond motifs is 2. The molecule has 7 nitrogen and oxygen atoms in total. The fraction of sp³-hybridized carbons (Fsp3) is 0.222. The van der Waals surface area contributed by atoms with E-state index in [1.165, 1.54) is 0 Å². The van der Waals surface area contributed by atoms with Gasteiger partial charge >= 0.3 is 0 Å². The smallest absolute Gasteiger partial charge is 0.231 e. The lowest BCUT2D eigenvalue weighted by Crippen LogP contribution is -2.15. The Morgan fingerprint density at radius 3 is 3.00 bits per heavy atom. The number of H-pyrrole nitrogens is 1. The summed E-state index contributed by atoms with van der Waals surface area (Å²) < 4.78 is 14.6. The highest BCUT2D eigenvalue weighted by Gasteiger charge is 2.43. The maximum atomic E-state index is 13.0. The molecule has 1 aromatic carbocycles. The molecule has 5 rings (SSSR count). The highest BCUT2D eigenvalue weighted by atomic mass is 19.1. The molecular formula is C18H15FN6O. The molecule has 8 heteroatoms. The van der Waals surface area contributed by atoms with Gasteiger partial charge in [-0.25, -0.2) is 13.9 Å². The number of alkyl halides is 1. The lowest BCUT2D eigenvalue weighted by Gasteiger charge is -2.07. The van der Waals surface area contributed by atoms with Crippen molar-refractivity contribution in [1.82, 2.24) is 24.8 Å². The summed E-state index contributed by atoms with van der Waals surface area (Å²) in [5.41, 5.74) is 4.41. The number of rotatable bonds is 3. The number of anilines is 1. The van der Waals surface area contributed by atoms with Gasteiger partial charge in [0.2, 0.25) is 5.91 Å². The molecule has 0 aliphatic heterocycles. The number of aromatic nitrogens is 5. The van der Waals surface area contributed by atoms with Gasteiger partial charge in [0, 0.05) is 10.9 Å². The third-order valence-corrected chi connectivity index (χ3v) is 4.71. The summed E-state index contributed by atoms with van der Waals surface area (Å²) >= 11 is 0. The third kappa shape index (κ3) is 2.33. The van der Waals surface area contributed by atoms with Crippen LogP contribution in [0.2, 0.25) is 0 Å². The fourth-order valence-electron chi connectivity index (χ4n) is 3.20. The molecule has 4 aromatic rings. The Bertz CT molecular complexity index is 1160. The van der Waals surface area contributed by atoms with E-state index >= 15 is 0 Å². The maximum absolute atomic E-state index is 13.0. The lowest BCUT2D eigenvalue weighted by molar-refractivity contribution is -0.117. The van der Waals surface area contributed by atoms with E-state index in [0.717, 1.165) is 27.7 Å². The highest BCUT2D eigenvalue weighted by Crippen LogP contribution is 2.34. The standard InChI is InChI=1S/C18H15FN6O/c1-9-2-3-13-11(7-20-23-13)17(9)14-4-5-16-21-15(8-25(16)24-14)22-18(26)10-6-12(10)19/h2-5,7-8,10,12H,6H2,1H3,(H,20,23)(H,22,26). The molecule has 0 spiro atoms. The lowest BCUT2D eigenvalue weighted by atomic mass is 10.0. The van der Waals surface area contributed by atoms with Gasteiger partial charge in [0.05, 0.1) is 29.5 Å². The summed E-state index contributed by atoms with van der Waals surface area (Å²) in [5, 5.41) is 15.3. The molecule has 1 aliphatic rings. The van der Waals surface area contributed by atoms with Crippen LogP contribution in [0.4, 0.5) is 10.2 Å². The van der Waals surface area contributed by atoms with Crippen LogP contribution < -0.4 is 5.32 Å². The Balaban J connectivity index is 1.54. The Morgan fingerprint density at radius 2 is 2.19 bits per heavy atom. The number of benzene rings is 1. The average molecular weight is 350 g/mol. The van der Waals surface area contributed by atoms with E-state index in [2.05, 4.69) is 25.6 Å². The average Bonchev–Trinajstić information content (AvgIpc) is 3.02. The molecule has 1 aliphatic carbocycles. The molecule has 2 N–H and O–H groups in total. The number of halogens is 1. The van der Waals surface area contributed by atoms with Crippen LogP contribution in [0.3, 0.4) is 0 Å². The first kappa shape index (κ1) is 15.0. The van der Waals surface area contributed by atoms with E-state index in [1.807, 2.05) is 31.2 Å². The molecule has 26 heavy (non-hydrogen) atoms. The number of nitrogens with zero attached hydrogens (tertiary/aromatic N) is 4. The minimum Gasteiger partial charge on any atom is -0.309 e. The number of hydrogen-bond acceptors (Lipinski definition) is 4.